The van der Waals surface area contributed by atoms with Crippen LogP contribution in [0.4, 0.5) is 5.69 Å². The Balaban J connectivity index is 1.59. The molecule has 27 heavy (non-hydrogen) atoms. The molecule has 2 aromatic carbocycles. The highest BCUT2D eigenvalue weighted by atomic mass is 32.2. The first-order valence-electron chi connectivity index (χ1n) is 8.71. The zero-order valence-electron chi connectivity index (χ0n) is 15.2. The van der Waals surface area contributed by atoms with Gasteiger partial charge in [-0.1, -0.05) is 36.1 Å². The third kappa shape index (κ3) is 5.13. The first kappa shape index (κ1) is 19.0. The summed E-state index contributed by atoms with van der Waals surface area (Å²) in [6.45, 7) is 2.15. The number of benzene rings is 2. The van der Waals surface area contributed by atoms with Crippen LogP contribution in [0.5, 0.6) is 5.75 Å². The number of allylic oxidation sites excluding steroid dienone is 1. The van der Waals surface area contributed by atoms with Crippen molar-refractivity contribution in [3.8, 4) is 17.6 Å². The van der Waals surface area contributed by atoms with Gasteiger partial charge in [0.25, 0.3) is 0 Å². The van der Waals surface area contributed by atoms with E-state index in [-0.39, 0.29) is 0 Å². The second-order valence-electron chi connectivity index (χ2n) is 6.07. The SMILES string of the molecule is COc1cccc(N2CCN(S(=O)(=O)/C=C/C#Cc3ccccc3)CC2)c1. The third-order valence-electron chi connectivity index (χ3n) is 4.33. The Hall–Kier alpha value is -2.75. The Morgan fingerprint density at radius 2 is 1.74 bits per heavy atom. The molecule has 6 heteroatoms. The fourth-order valence-corrected chi connectivity index (χ4v) is 3.94. The van der Waals surface area contributed by atoms with Crippen LogP contribution in [-0.2, 0) is 10.0 Å². The summed E-state index contributed by atoms with van der Waals surface area (Å²) < 4.78 is 31.7. The molecule has 5 nitrogen and oxygen atoms in total. The zero-order chi connectivity index (χ0) is 19.1. The van der Waals surface area contributed by atoms with Gasteiger partial charge in [0, 0.05) is 49.6 Å². The van der Waals surface area contributed by atoms with Crippen molar-refractivity contribution < 1.29 is 13.2 Å². The Morgan fingerprint density at radius 3 is 2.44 bits per heavy atom. The van der Waals surface area contributed by atoms with Gasteiger partial charge in [-0.3, -0.25) is 0 Å². The molecule has 0 unspecified atom stereocenters. The van der Waals surface area contributed by atoms with Gasteiger partial charge in [0.1, 0.15) is 5.75 Å². The second-order valence-corrected chi connectivity index (χ2v) is 7.89. The molecular formula is C21H22N2O3S. The van der Waals surface area contributed by atoms with Crippen LogP contribution < -0.4 is 9.64 Å². The van der Waals surface area contributed by atoms with E-state index in [0.29, 0.717) is 26.2 Å². The van der Waals surface area contributed by atoms with Crippen molar-refractivity contribution in [1.29, 1.82) is 0 Å². The molecule has 1 fully saturated rings. The highest BCUT2D eigenvalue weighted by molar-refractivity contribution is 7.92. The van der Waals surface area contributed by atoms with E-state index in [2.05, 4.69) is 16.7 Å². The minimum atomic E-state index is -3.46. The van der Waals surface area contributed by atoms with Crippen LogP contribution in [-0.4, -0.2) is 46.0 Å². The highest BCUT2D eigenvalue weighted by Gasteiger charge is 2.25. The maximum Gasteiger partial charge on any atom is 0.236 e. The molecule has 1 aliphatic heterocycles. The van der Waals surface area contributed by atoms with Crippen LogP contribution in [0.3, 0.4) is 0 Å². The molecule has 1 saturated heterocycles. The van der Waals surface area contributed by atoms with Crippen LogP contribution >= 0.6 is 0 Å². The van der Waals surface area contributed by atoms with Gasteiger partial charge in [-0.2, -0.15) is 4.31 Å². The topological polar surface area (TPSA) is 49.9 Å². The zero-order valence-corrected chi connectivity index (χ0v) is 16.0. The molecule has 0 amide bonds. The number of piperazine rings is 1. The van der Waals surface area contributed by atoms with Crippen LogP contribution in [0, 0.1) is 11.8 Å². The lowest BCUT2D eigenvalue weighted by atomic mass is 10.2. The second kappa shape index (κ2) is 8.76. The van der Waals surface area contributed by atoms with E-state index in [1.807, 2.05) is 54.6 Å². The molecule has 0 atom stereocenters. The van der Waals surface area contributed by atoms with Gasteiger partial charge >= 0.3 is 0 Å². The summed E-state index contributed by atoms with van der Waals surface area (Å²) in [6.07, 6.45) is 1.40. The van der Waals surface area contributed by atoms with E-state index >= 15 is 0 Å². The largest absolute Gasteiger partial charge is 0.497 e. The number of rotatable bonds is 4. The number of hydrogen-bond donors (Lipinski definition) is 0. The molecule has 0 bridgehead atoms. The van der Waals surface area contributed by atoms with Crippen LogP contribution in [0.1, 0.15) is 5.56 Å². The Kier molecular flexibility index (Phi) is 6.17. The van der Waals surface area contributed by atoms with E-state index in [1.165, 1.54) is 15.8 Å². The molecule has 0 radical (unpaired) electrons. The van der Waals surface area contributed by atoms with Crippen LogP contribution in [0.2, 0.25) is 0 Å². The smallest absolute Gasteiger partial charge is 0.236 e. The van der Waals surface area contributed by atoms with E-state index in [1.54, 1.807) is 7.11 Å². The average Bonchev–Trinajstić information content (AvgIpc) is 2.72. The van der Waals surface area contributed by atoms with Crippen molar-refractivity contribution in [3.05, 3.63) is 71.6 Å². The summed E-state index contributed by atoms with van der Waals surface area (Å²) in [6, 6.07) is 17.3. The normalized spacial score (nSPS) is 15.4. The molecule has 0 saturated carbocycles. The van der Waals surface area contributed by atoms with Crippen molar-refractivity contribution in [3.63, 3.8) is 0 Å². The van der Waals surface area contributed by atoms with Gasteiger partial charge in [0.15, 0.2) is 0 Å². The maximum absolute atomic E-state index is 12.5. The molecular weight excluding hydrogens is 360 g/mol. The summed E-state index contributed by atoms with van der Waals surface area (Å²) in [5.74, 6) is 6.50. The summed E-state index contributed by atoms with van der Waals surface area (Å²) >= 11 is 0. The van der Waals surface area contributed by atoms with Gasteiger partial charge in [-0.15, -0.1) is 0 Å². The molecule has 0 N–H and O–H groups in total. The van der Waals surface area contributed by atoms with E-state index in [0.717, 1.165) is 17.0 Å². The van der Waals surface area contributed by atoms with Crippen molar-refractivity contribution in [2.75, 3.05) is 38.2 Å². The monoisotopic (exact) mass is 382 g/mol. The van der Waals surface area contributed by atoms with Crippen LogP contribution in [0.15, 0.2) is 66.1 Å². The number of ether oxygens (including phenoxy) is 1. The van der Waals surface area contributed by atoms with Gasteiger partial charge < -0.3 is 9.64 Å². The molecule has 2 aromatic rings. The summed E-state index contributed by atoms with van der Waals surface area (Å²) in [4.78, 5) is 2.16. The van der Waals surface area contributed by atoms with E-state index in [4.69, 9.17) is 4.74 Å². The lowest BCUT2D eigenvalue weighted by Crippen LogP contribution is -2.48. The molecule has 3 rings (SSSR count). The summed E-state index contributed by atoms with van der Waals surface area (Å²) in [5, 5.41) is 1.18. The highest BCUT2D eigenvalue weighted by Crippen LogP contribution is 2.22. The number of sulfonamides is 1. The van der Waals surface area contributed by atoms with Gasteiger partial charge in [0.05, 0.1) is 12.5 Å². The fraction of sp³-hybridized carbons (Fsp3) is 0.238. The lowest BCUT2D eigenvalue weighted by molar-refractivity contribution is 0.389. The Bertz CT molecular complexity index is 952. The Morgan fingerprint density at radius 1 is 1.00 bits per heavy atom. The third-order valence-corrected chi connectivity index (χ3v) is 5.90. The minimum Gasteiger partial charge on any atom is -0.497 e. The van der Waals surface area contributed by atoms with Crippen molar-refractivity contribution in [2.24, 2.45) is 0 Å². The fourth-order valence-electron chi connectivity index (χ4n) is 2.86. The summed E-state index contributed by atoms with van der Waals surface area (Å²) in [5.41, 5.74) is 1.89. The predicted octanol–water partition coefficient (Wildman–Crippen LogP) is 2.71. The van der Waals surface area contributed by atoms with Gasteiger partial charge in [-0.25, -0.2) is 8.42 Å². The predicted molar refractivity (Wildman–Crippen MR) is 108 cm³/mol. The molecule has 140 valence electrons. The molecule has 1 aliphatic rings. The Labute approximate surface area is 160 Å². The molecule has 0 spiro atoms. The first-order chi connectivity index (χ1) is 13.1. The minimum absolute atomic E-state index is 0.440. The van der Waals surface area contributed by atoms with Crippen molar-refractivity contribution in [1.82, 2.24) is 4.31 Å². The van der Waals surface area contributed by atoms with Crippen LogP contribution in [0.25, 0.3) is 0 Å². The number of nitrogens with zero attached hydrogens (tertiary/aromatic N) is 2. The standard InChI is InChI=1S/C21H22N2O3S/c1-26-21-12-7-11-20(18-21)22-13-15-23(16-14-22)27(24,25)17-6-5-10-19-8-3-2-4-9-19/h2-4,6-9,11-12,17-18H,13-16H2,1H3/b17-6+. The first-order valence-corrected chi connectivity index (χ1v) is 10.2. The summed E-state index contributed by atoms with van der Waals surface area (Å²) in [7, 11) is -1.82. The van der Waals surface area contributed by atoms with Crippen molar-refractivity contribution in [2.45, 2.75) is 0 Å². The number of anilines is 1. The number of methoxy groups -OCH3 is 1. The van der Waals surface area contributed by atoms with Crippen molar-refractivity contribution >= 4 is 15.7 Å². The van der Waals surface area contributed by atoms with Gasteiger partial charge in [-0.05, 0) is 24.3 Å². The quantitative estimate of drug-likeness (QED) is 0.763. The average molecular weight is 382 g/mol. The lowest BCUT2D eigenvalue weighted by Gasteiger charge is -2.34. The number of hydrogen-bond acceptors (Lipinski definition) is 4. The van der Waals surface area contributed by atoms with E-state index in [9.17, 15) is 8.42 Å². The molecule has 0 aliphatic carbocycles. The molecule has 0 aromatic heterocycles. The van der Waals surface area contributed by atoms with E-state index < -0.39 is 10.0 Å². The van der Waals surface area contributed by atoms with Gasteiger partial charge in [0.2, 0.25) is 10.0 Å². The molecule has 1 heterocycles. The maximum atomic E-state index is 12.5.